The lowest BCUT2D eigenvalue weighted by molar-refractivity contribution is 0.313. The maximum atomic E-state index is 13.0. The normalized spacial score (nSPS) is 19.5. The van der Waals surface area contributed by atoms with Crippen molar-refractivity contribution in [3.05, 3.63) is 40.8 Å². The van der Waals surface area contributed by atoms with E-state index in [9.17, 15) is 8.42 Å². The van der Waals surface area contributed by atoms with Gasteiger partial charge in [-0.15, -0.1) is 11.3 Å². The fourth-order valence-electron chi connectivity index (χ4n) is 3.48. The van der Waals surface area contributed by atoms with Gasteiger partial charge in [-0.25, -0.2) is 13.4 Å². The molecule has 0 amide bonds. The molecule has 0 spiro atoms. The summed E-state index contributed by atoms with van der Waals surface area (Å²) >= 11 is 1.26. The summed E-state index contributed by atoms with van der Waals surface area (Å²) in [7, 11) is -3.48. The summed E-state index contributed by atoms with van der Waals surface area (Å²) < 4.78 is 28.1. The lowest BCUT2D eigenvalue weighted by Crippen LogP contribution is -2.39. The molecule has 3 aromatic rings. The fraction of sp³-hybridized carbons (Fsp3) is 0.412. The molecule has 0 unspecified atom stereocenters. The summed E-state index contributed by atoms with van der Waals surface area (Å²) in [6.45, 7) is 4.66. The number of sulfonamides is 1. The van der Waals surface area contributed by atoms with Crippen LogP contribution in [0.15, 0.2) is 28.6 Å². The number of pyridine rings is 1. The summed E-state index contributed by atoms with van der Waals surface area (Å²) in [5, 5.41) is 0.784. The van der Waals surface area contributed by atoms with Gasteiger partial charge in [0.15, 0.2) is 4.21 Å². The Hall–Kier alpha value is -1.77. The Morgan fingerprint density at radius 2 is 2.20 bits per heavy atom. The summed E-state index contributed by atoms with van der Waals surface area (Å²) in [6, 6.07) is 5.93. The van der Waals surface area contributed by atoms with E-state index in [1.165, 1.54) is 11.3 Å². The van der Waals surface area contributed by atoms with Crippen LogP contribution in [0.4, 0.5) is 0 Å². The van der Waals surface area contributed by atoms with Gasteiger partial charge in [-0.3, -0.25) is 4.98 Å². The molecule has 1 saturated heterocycles. The van der Waals surface area contributed by atoms with Crippen molar-refractivity contribution in [1.29, 1.82) is 0 Å². The van der Waals surface area contributed by atoms with Crippen LogP contribution in [0.25, 0.3) is 11.0 Å². The lowest BCUT2D eigenvalue weighted by atomic mass is 9.96. The number of hydrogen-bond acceptors (Lipinski definition) is 5. The van der Waals surface area contributed by atoms with Crippen molar-refractivity contribution in [3.8, 4) is 0 Å². The van der Waals surface area contributed by atoms with E-state index < -0.39 is 10.0 Å². The van der Waals surface area contributed by atoms with E-state index in [4.69, 9.17) is 0 Å². The SMILES string of the molecule is Cc1nc(C)c(S(=O)(=O)N2CCC[C@@H](c3cc4ncccc4[nH]3)C2)s1. The van der Waals surface area contributed by atoms with Crippen molar-refractivity contribution in [2.45, 2.75) is 36.8 Å². The standard InChI is InChI=1S/C17H20N4O2S2/c1-11-17(24-12(2)19-11)25(22,23)21-8-4-5-13(10-21)15-9-16-14(20-15)6-3-7-18-16/h3,6-7,9,13,20H,4-5,8,10H2,1-2H3/t13-/m1/s1. The number of H-pyrrole nitrogens is 1. The van der Waals surface area contributed by atoms with Gasteiger partial charge >= 0.3 is 0 Å². The quantitative estimate of drug-likeness (QED) is 0.761. The second-order valence-electron chi connectivity index (χ2n) is 6.47. The molecule has 0 aromatic carbocycles. The van der Waals surface area contributed by atoms with Gasteiger partial charge in [0.1, 0.15) is 0 Å². The summed E-state index contributed by atoms with van der Waals surface area (Å²) in [6.07, 6.45) is 3.59. The van der Waals surface area contributed by atoms with Gasteiger partial charge in [-0.1, -0.05) is 0 Å². The number of nitrogens with one attached hydrogen (secondary N) is 1. The number of rotatable bonds is 3. The Morgan fingerprint density at radius 3 is 2.92 bits per heavy atom. The highest BCUT2D eigenvalue weighted by atomic mass is 32.2. The molecule has 1 N–H and O–H groups in total. The molecule has 1 atom stereocenters. The van der Waals surface area contributed by atoms with Crippen molar-refractivity contribution in [2.24, 2.45) is 0 Å². The maximum absolute atomic E-state index is 13.0. The number of piperidine rings is 1. The zero-order valence-corrected chi connectivity index (χ0v) is 15.8. The predicted molar refractivity (Wildman–Crippen MR) is 98.4 cm³/mol. The van der Waals surface area contributed by atoms with Crippen molar-refractivity contribution in [1.82, 2.24) is 19.3 Å². The second-order valence-corrected chi connectivity index (χ2v) is 9.81. The monoisotopic (exact) mass is 376 g/mol. The number of nitrogens with zero attached hydrogens (tertiary/aromatic N) is 3. The van der Waals surface area contributed by atoms with E-state index in [-0.39, 0.29) is 5.92 Å². The van der Waals surface area contributed by atoms with Crippen LogP contribution in [0.1, 0.15) is 35.2 Å². The minimum atomic E-state index is -3.48. The predicted octanol–water partition coefficient (Wildman–Crippen LogP) is 3.20. The zero-order chi connectivity index (χ0) is 17.6. The van der Waals surface area contributed by atoms with E-state index in [0.29, 0.717) is 23.0 Å². The van der Waals surface area contributed by atoms with Crippen LogP contribution in [0, 0.1) is 13.8 Å². The number of hydrogen-bond donors (Lipinski definition) is 1. The molecule has 4 heterocycles. The van der Waals surface area contributed by atoms with E-state index in [0.717, 1.165) is 34.6 Å². The van der Waals surface area contributed by atoms with Crippen LogP contribution in [0.5, 0.6) is 0 Å². The molecule has 25 heavy (non-hydrogen) atoms. The second kappa shape index (κ2) is 6.19. The molecule has 0 bridgehead atoms. The van der Waals surface area contributed by atoms with E-state index >= 15 is 0 Å². The number of aromatic nitrogens is 3. The topological polar surface area (TPSA) is 79.0 Å². The smallest absolute Gasteiger partial charge is 0.254 e. The van der Waals surface area contributed by atoms with Gasteiger partial charge in [0, 0.05) is 30.9 Å². The van der Waals surface area contributed by atoms with Gasteiger partial charge in [0.2, 0.25) is 0 Å². The largest absolute Gasteiger partial charge is 0.357 e. The first-order chi connectivity index (χ1) is 11.9. The molecule has 1 fully saturated rings. The molecule has 1 aliphatic heterocycles. The molecule has 6 nitrogen and oxygen atoms in total. The molecule has 0 aliphatic carbocycles. The third-order valence-corrected chi connectivity index (χ3v) is 8.19. The minimum Gasteiger partial charge on any atom is -0.357 e. The molecule has 3 aromatic heterocycles. The van der Waals surface area contributed by atoms with Crippen molar-refractivity contribution >= 4 is 32.4 Å². The number of aryl methyl sites for hydroxylation is 2. The molecule has 0 radical (unpaired) electrons. The zero-order valence-electron chi connectivity index (χ0n) is 14.2. The van der Waals surface area contributed by atoms with Crippen LogP contribution in [-0.4, -0.2) is 40.8 Å². The minimum absolute atomic E-state index is 0.159. The number of aromatic amines is 1. The Kier molecular flexibility index (Phi) is 4.13. The molecule has 1 aliphatic rings. The Morgan fingerprint density at radius 1 is 1.36 bits per heavy atom. The highest BCUT2D eigenvalue weighted by Gasteiger charge is 2.33. The number of fused-ring (bicyclic) bond motifs is 1. The number of thiazole rings is 1. The van der Waals surface area contributed by atoms with Crippen LogP contribution >= 0.6 is 11.3 Å². The van der Waals surface area contributed by atoms with Gasteiger partial charge in [0.05, 0.1) is 21.7 Å². The molecule has 4 rings (SSSR count). The van der Waals surface area contributed by atoms with Crippen molar-refractivity contribution in [2.75, 3.05) is 13.1 Å². The first kappa shape index (κ1) is 16.7. The first-order valence-electron chi connectivity index (χ1n) is 8.33. The molecule has 8 heteroatoms. The Labute approximate surface area is 151 Å². The highest BCUT2D eigenvalue weighted by molar-refractivity contribution is 7.91. The third kappa shape index (κ3) is 2.98. The van der Waals surface area contributed by atoms with E-state index in [1.807, 2.05) is 25.1 Å². The van der Waals surface area contributed by atoms with Gasteiger partial charge in [-0.2, -0.15) is 4.31 Å². The van der Waals surface area contributed by atoms with Crippen LogP contribution in [0.3, 0.4) is 0 Å². The molecular weight excluding hydrogens is 356 g/mol. The lowest BCUT2D eigenvalue weighted by Gasteiger charge is -2.31. The molecular formula is C17H20N4O2S2. The molecule has 132 valence electrons. The van der Waals surface area contributed by atoms with Crippen molar-refractivity contribution < 1.29 is 8.42 Å². The van der Waals surface area contributed by atoms with Crippen molar-refractivity contribution in [3.63, 3.8) is 0 Å². The van der Waals surface area contributed by atoms with E-state index in [2.05, 4.69) is 15.0 Å². The average molecular weight is 377 g/mol. The first-order valence-corrected chi connectivity index (χ1v) is 10.6. The third-order valence-electron chi connectivity index (χ3n) is 4.67. The Bertz CT molecular complexity index is 989. The van der Waals surface area contributed by atoms with Crippen LogP contribution < -0.4 is 0 Å². The van der Waals surface area contributed by atoms with Crippen LogP contribution in [0.2, 0.25) is 0 Å². The summed E-state index contributed by atoms with van der Waals surface area (Å²) in [4.78, 5) is 12.0. The van der Waals surface area contributed by atoms with Gasteiger partial charge < -0.3 is 4.98 Å². The van der Waals surface area contributed by atoms with Gasteiger partial charge in [0.25, 0.3) is 10.0 Å². The van der Waals surface area contributed by atoms with Crippen LogP contribution in [-0.2, 0) is 10.0 Å². The average Bonchev–Trinajstić information content (AvgIpc) is 3.18. The Balaban J connectivity index is 1.63. The van der Waals surface area contributed by atoms with E-state index in [1.54, 1.807) is 17.4 Å². The van der Waals surface area contributed by atoms with Gasteiger partial charge in [-0.05, 0) is 44.9 Å². The maximum Gasteiger partial charge on any atom is 0.254 e. The highest BCUT2D eigenvalue weighted by Crippen LogP contribution is 2.33. The molecule has 0 saturated carbocycles. The summed E-state index contributed by atoms with van der Waals surface area (Å²) in [5.74, 6) is 0.159. The fourth-order valence-corrected chi connectivity index (χ4v) is 6.62. The summed E-state index contributed by atoms with van der Waals surface area (Å²) in [5.41, 5.74) is 3.57.